The molecule has 0 heterocycles. The Morgan fingerprint density at radius 2 is 1.71 bits per heavy atom. The Morgan fingerprint density at radius 3 is 2.29 bits per heavy atom. The van der Waals surface area contributed by atoms with E-state index in [1.807, 2.05) is 37.3 Å². The SMILES string of the molecule is CCC(O)c1ccc(-c2ccccc2F)cc1. The Kier molecular flexibility index (Phi) is 3.55. The van der Waals surface area contributed by atoms with Gasteiger partial charge in [0.25, 0.3) is 0 Å². The standard InChI is InChI=1S/C15H15FO/c1-2-15(17)12-9-7-11(8-10-12)13-5-3-4-6-14(13)16/h3-10,15,17H,2H2,1H3. The minimum absolute atomic E-state index is 0.226. The maximum Gasteiger partial charge on any atom is 0.131 e. The first-order valence-electron chi connectivity index (χ1n) is 5.75. The fourth-order valence-electron chi connectivity index (χ4n) is 1.82. The summed E-state index contributed by atoms with van der Waals surface area (Å²) in [7, 11) is 0. The molecule has 17 heavy (non-hydrogen) atoms. The summed E-state index contributed by atoms with van der Waals surface area (Å²) in [6.45, 7) is 1.93. The second-order valence-electron chi connectivity index (χ2n) is 4.03. The van der Waals surface area contributed by atoms with Crippen LogP contribution in [0.5, 0.6) is 0 Å². The summed E-state index contributed by atoms with van der Waals surface area (Å²) in [6, 6.07) is 14.1. The topological polar surface area (TPSA) is 20.2 Å². The van der Waals surface area contributed by atoms with Crippen LogP contribution >= 0.6 is 0 Å². The van der Waals surface area contributed by atoms with Gasteiger partial charge in [-0.2, -0.15) is 0 Å². The van der Waals surface area contributed by atoms with E-state index in [-0.39, 0.29) is 5.82 Å². The van der Waals surface area contributed by atoms with Crippen molar-refractivity contribution in [3.63, 3.8) is 0 Å². The fraction of sp³-hybridized carbons (Fsp3) is 0.200. The molecule has 2 aromatic carbocycles. The van der Waals surface area contributed by atoms with Gasteiger partial charge >= 0.3 is 0 Å². The molecule has 1 unspecified atom stereocenters. The Labute approximate surface area is 101 Å². The van der Waals surface area contributed by atoms with E-state index in [2.05, 4.69) is 0 Å². The number of aliphatic hydroxyl groups is 1. The first-order valence-corrected chi connectivity index (χ1v) is 5.75. The van der Waals surface area contributed by atoms with Crippen molar-refractivity contribution in [3.05, 3.63) is 59.9 Å². The van der Waals surface area contributed by atoms with Gasteiger partial charge in [0, 0.05) is 5.56 Å². The van der Waals surface area contributed by atoms with Gasteiger partial charge < -0.3 is 5.11 Å². The van der Waals surface area contributed by atoms with Crippen molar-refractivity contribution in [2.75, 3.05) is 0 Å². The van der Waals surface area contributed by atoms with Gasteiger partial charge in [0.05, 0.1) is 6.10 Å². The van der Waals surface area contributed by atoms with Crippen LogP contribution in [0.25, 0.3) is 11.1 Å². The highest BCUT2D eigenvalue weighted by molar-refractivity contribution is 5.64. The lowest BCUT2D eigenvalue weighted by Gasteiger charge is -2.09. The minimum atomic E-state index is -0.440. The third kappa shape index (κ3) is 2.53. The van der Waals surface area contributed by atoms with Crippen molar-refractivity contribution in [2.24, 2.45) is 0 Å². The Bertz CT molecular complexity index is 491. The molecule has 0 aliphatic heterocycles. The fourth-order valence-corrected chi connectivity index (χ4v) is 1.82. The van der Waals surface area contributed by atoms with E-state index in [1.165, 1.54) is 6.07 Å². The van der Waals surface area contributed by atoms with E-state index < -0.39 is 6.10 Å². The van der Waals surface area contributed by atoms with Gasteiger partial charge in [-0.1, -0.05) is 49.4 Å². The molecule has 0 aliphatic carbocycles. The molecule has 0 radical (unpaired) electrons. The highest BCUT2D eigenvalue weighted by Crippen LogP contribution is 2.25. The normalized spacial score (nSPS) is 12.4. The van der Waals surface area contributed by atoms with E-state index in [4.69, 9.17) is 0 Å². The Hall–Kier alpha value is -1.67. The average Bonchev–Trinajstić information content (AvgIpc) is 2.39. The summed E-state index contributed by atoms with van der Waals surface area (Å²) in [4.78, 5) is 0. The second-order valence-corrected chi connectivity index (χ2v) is 4.03. The molecule has 0 fully saturated rings. The molecule has 0 aliphatic rings. The minimum Gasteiger partial charge on any atom is -0.388 e. The number of hydrogen-bond acceptors (Lipinski definition) is 1. The molecule has 0 spiro atoms. The maximum absolute atomic E-state index is 13.6. The van der Waals surface area contributed by atoms with Crippen molar-refractivity contribution < 1.29 is 9.50 Å². The van der Waals surface area contributed by atoms with Crippen molar-refractivity contribution >= 4 is 0 Å². The van der Waals surface area contributed by atoms with Crippen LogP contribution in [0.2, 0.25) is 0 Å². The third-order valence-electron chi connectivity index (χ3n) is 2.87. The van der Waals surface area contributed by atoms with Crippen molar-refractivity contribution in [1.82, 2.24) is 0 Å². The van der Waals surface area contributed by atoms with E-state index in [9.17, 15) is 9.50 Å². The molecule has 0 bridgehead atoms. The van der Waals surface area contributed by atoms with Gasteiger partial charge in [-0.05, 0) is 23.6 Å². The van der Waals surface area contributed by atoms with Gasteiger partial charge in [0.15, 0.2) is 0 Å². The molecule has 1 atom stereocenters. The highest BCUT2D eigenvalue weighted by atomic mass is 19.1. The average molecular weight is 230 g/mol. The molecule has 0 amide bonds. The molecular weight excluding hydrogens is 215 g/mol. The predicted molar refractivity (Wildman–Crippen MR) is 67.1 cm³/mol. The van der Waals surface area contributed by atoms with Crippen LogP contribution in [0.15, 0.2) is 48.5 Å². The number of halogens is 1. The quantitative estimate of drug-likeness (QED) is 0.846. The number of aliphatic hydroxyl groups excluding tert-OH is 1. The number of rotatable bonds is 3. The van der Waals surface area contributed by atoms with Gasteiger partial charge in [-0.25, -0.2) is 4.39 Å². The summed E-state index contributed by atoms with van der Waals surface area (Å²) < 4.78 is 13.6. The van der Waals surface area contributed by atoms with Crippen molar-refractivity contribution in [1.29, 1.82) is 0 Å². The molecule has 2 aromatic rings. The lowest BCUT2D eigenvalue weighted by molar-refractivity contribution is 0.173. The predicted octanol–water partition coefficient (Wildman–Crippen LogP) is 3.94. The number of hydrogen-bond donors (Lipinski definition) is 1. The molecule has 0 saturated carbocycles. The third-order valence-corrected chi connectivity index (χ3v) is 2.87. The monoisotopic (exact) mass is 230 g/mol. The van der Waals surface area contributed by atoms with Crippen LogP contribution in [0.3, 0.4) is 0 Å². The lowest BCUT2D eigenvalue weighted by Crippen LogP contribution is -1.94. The van der Waals surface area contributed by atoms with Gasteiger partial charge in [-0.3, -0.25) is 0 Å². The van der Waals surface area contributed by atoms with Crippen LogP contribution in [0, 0.1) is 5.82 Å². The molecule has 1 nitrogen and oxygen atoms in total. The van der Waals surface area contributed by atoms with Crippen molar-refractivity contribution in [2.45, 2.75) is 19.4 Å². The van der Waals surface area contributed by atoms with Crippen LogP contribution in [0.4, 0.5) is 4.39 Å². The van der Waals surface area contributed by atoms with Crippen LogP contribution in [0.1, 0.15) is 25.0 Å². The van der Waals surface area contributed by atoms with E-state index in [0.29, 0.717) is 12.0 Å². The summed E-state index contributed by atoms with van der Waals surface area (Å²) in [6.07, 6.45) is 0.239. The number of benzene rings is 2. The molecule has 2 rings (SSSR count). The summed E-state index contributed by atoms with van der Waals surface area (Å²) in [5.74, 6) is -0.226. The molecular formula is C15H15FO. The first kappa shape index (κ1) is 11.8. The Balaban J connectivity index is 2.33. The van der Waals surface area contributed by atoms with E-state index >= 15 is 0 Å². The molecule has 1 N–H and O–H groups in total. The molecule has 88 valence electrons. The zero-order valence-corrected chi connectivity index (χ0v) is 9.73. The van der Waals surface area contributed by atoms with Crippen LogP contribution < -0.4 is 0 Å². The van der Waals surface area contributed by atoms with Gasteiger partial charge in [0.1, 0.15) is 5.82 Å². The van der Waals surface area contributed by atoms with E-state index in [0.717, 1.165) is 11.1 Å². The smallest absolute Gasteiger partial charge is 0.131 e. The second kappa shape index (κ2) is 5.11. The zero-order valence-electron chi connectivity index (χ0n) is 9.73. The zero-order chi connectivity index (χ0) is 12.3. The lowest BCUT2D eigenvalue weighted by atomic mass is 10.0. The largest absolute Gasteiger partial charge is 0.388 e. The van der Waals surface area contributed by atoms with Gasteiger partial charge in [0.2, 0.25) is 0 Å². The summed E-state index contributed by atoms with van der Waals surface area (Å²) in [5, 5.41) is 9.67. The molecule has 0 saturated heterocycles. The Morgan fingerprint density at radius 1 is 1.06 bits per heavy atom. The van der Waals surface area contributed by atoms with Crippen LogP contribution in [-0.4, -0.2) is 5.11 Å². The molecule has 0 aromatic heterocycles. The van der Waals surface area contributed by atoms with Crippen molar-refractivity contribution in [3.8, 4) is 11.1 Å². The first-order chi connectivity index (χ1) is 8.22. The van der Waals surface area contributed by atoms with Crippen LogP contribution in [-0.2, 0) is 0 Å². The highest BCUT2D eigenvalue weighted by Gasteiger charge is 2.06. The maximum atomic E-state index is 13.6. The van der Waals surface area contributed by atoms with Gasteiger partial charge in [-0.15, -0.1) is 0 Å². The van der Waals surface area contributed by atoms with E-state index in [1.54, 1.807) is 12.1 Å². The molecule has 2 heteroatoms. The summed E-state index contributed by atoms with van der Waals surface area (Å²) in [5.41, 5.74) is 2.28. The summed E-state index contributed by atoms with van der Waals surface area (Å²) >= 11 is 0.